The van der Waals surface area contributed by atoms with E-state index in [0.717, 1.165) is 4.90 Å². The summed E-state index contributed by atoms with van der Waals surface area (Å²) in [4.78, 5) is 122. The molecule has 26 nitrogen and oxygen atoms in total. The van der Waals surface area contributed by atoms with E-state index in [4.69, 9.17) is 43.9 Å². The van der Waals surface area contributed by atoms with Crippen molar-refractivity contribution in [3.63, 3.8) is 0 Å². The van der Waals surface area contributed by atoms with Gasteiger partial charge in [-0.15, -0.1) is 0 Å². The Kier molecular flexibility index (Phi) is 21.0. The van der Waals surface area contributed by atoms with Crippen LogP contribution in [0.2, 0.25) is 0 Å². The molecule has 1 aromatic carbocycles. The van der Waals surface area contributed by atoms with Crippen molar-refractivity contribution < 1.29 is 76.6 Å². The largest absolute Gasteiger partial charge is 0.458 e. The summed E-state index contributed by atoms with van der Waals surface area (Å²) in [6, 6.07) is 2.97. The fraction of sp³-hybridized carbons (Fsp3) is 0.547. The Morgan fingerprint density at radius 3 is 2.11 bits per heavy atom. The molecule has 4 aliphatic heterocycles. The van der Waals surface area contributed by atoms with Gasteiger partial charge in [-0.1, -0.05) is 20.8 Å². The lowest BCUT2D eigenvalue weighted by Gasteiger charge is -2.31. The van der Waals surface area contributed by atoms with Crippen LogP contribution < -0.4 is 47.4 Å². The Hall–Kier alpha value is -7.36. The SMILES string of the molecule is CC[C@@]1(O)C(=O)OCc2c1cc1n(c2=O)Cc2c-1nc1cc3c(cc1c2CNC(=O)CNC(=O)[C@H](CCCCN)NC(=O)[C@@H](NC(=O)CCOCCOCCOCCOCCNC(=O)CCN1C(=O)C=CC1=O)C(C)C)OCO3. The zero-order valence-corrected chi connectivity index (χ0v) is 44.6. The van der Waals surface area contributed by atoms with Gasteiger partial charge in [-0.3, -0.25) is 43.3 Å². The van der Waals surface area contributed by atoms with E-state index in [9.17, 15) is 48.3 Å². The van der Waals surface area contributed by atoms with Crippen LogP contribution in [0.5, 0.6) is 11.5 Å². The van der Waals surface area contributed by atoms with E-state index < -0.39 is 71.2 Å². The molecule has 6 heterocycles. The number of pyridine rings is 2. The Morgan fingerprint density at radius 1 is 0.772 bits per heavy atom. The Bertz CT molecular complexity index is 2850. The molecule has 0 fully saturated rings. The van der Waals surface area contributed by atoms with Crippen molar-refractivity contribution in [1.29, 1.82) is 0 Å². The third-order valence-electron chi connectivity index (χ3n) is 13.7. The van der Waals surface area contributed by atoms with Crippen molar-refractivity contribution in [3.05, 3.63) is 63.0 Å². The van der Waals surface area contributed by atoms with E-state index in [-0.39, 0.29) is 115 Å². The first-order chi connectivity index (χ1) is 38.0. The van der Waals surface area contributed by atoms with Crippen molar-refractivity contribution in [2.75, 3.05) is 85.8 Å². The molecule has 26 heteroatoms. The molecule has 428 valence electrons. The van der Waals surface area contributed by atoms with Gasteiger partial charge in [0.2, 0.25) is 36.3 Å². The first kappa shape index (κ1) is 59.3. The van der Waals surface area contributed by atoms with Crippen LogP contribution >= 0.6 is 0 Å². The number of carbonyl (C=O) groups excluding carboxylic acids is 8. The van der Waals surface area contributed by atoms with Gasteiger partial charge in [-0.05, 0) is 55.8 Å². The van der Waals surface area contributed by atoms with Crippen LogP contribution in [-0.4, -0.2) is 165 Å². The molecular formula is C53H69N9O17. The van der Waals surface area contributed by atoms with Crippen LogP contribution in [0.1, 0.15) is 81.5 Å². The Morgan fingerprint density at radius 2 is 1.44 bits per heavy atom. The maximum absolute atomic E-state index is 14.0. The molecule has 0 bridgehead atoms. The number of fused-ring (bicyclic) bond motifs is 6. The summed E-state index contributed by atoms with van der Waals surface area (Å²) in [7, 11) is 0. The molecule has 8 N–H and O–H groups in total. The minimum absolute atomic E-state index is 0.000609. The predicted molar refractivity (Wildman–Crippen MR) is 278 cm³/mol. The van der Waals surface area contributed by atoms with E-state index in [0.29, 0.717) is 90.7 Å². The van der Waals surface area contributed by atoms with E-state index in [1.54, 1.807) is 39.0 Å². The third kappa shape index (κ3) is 14.9. The number of hydrogen-bond acceptors (Lipinski definition) is 19. The number of aliphatic hydroxyl groups is 1. The van der Waals surface area contributed by atoms with Gasteiger partial charge in [0, 0.05) is 67.2 Å². The molecule has 4 aliphatic rings. The monoisotopic (exact) mass is 1100 g/mol. The number of cyclic esters (lactones) is 1. The molecule has 7 amide bonds. The van der Waals surface area contributed by atoms with Crippen molar-refractivity contribution in [3.8, 4) is 22.9 Å². The number of amides is 7. The number of benzene rings is 1. The van der Waals surface area contributed by atoms with Gasteiger partial charge < -0.3 is 75.1 Å². The van der Waals surface area contributed by atoms with Crippen LogP contribution in [0.4, 0.5) is 0 Å². The number of carbonyl (C=O) groups is 8. The molecule has 2 aromatic heterocycles. The quantitative estimate of drug-likeness (QED) is 0.0178. The Balaban J connectivity index is 0.824. The van der Waals surface area contributed by atoms with E-state index in [1.165, 1.54) is 16.7 Å². The van der Waals surface area contributed by atoms with Crippen molar-refractivity contribution in [2.24, 2.45) is 11.7 Å². The smallest absolute Gasteiger partial charge is 0.343 e. The molecule has 0 saturated carbocycles. The highest BCUT2D eigenvalue weighted by Gasteiger charge is 2.46. The van der Waals surface area contributed by atoms with Gasteiger partial charge in [-0.25, -0.2) is 9.78 Å². The summed E-state index contributed by atoms with van der Waals surface area (Å²) in [5.41, 5.74) is 6.04. The molecule has 0 unspecified atom stereocenters. The van der Waals surface area contributed by atoms with Gasteiger partial charge >= 0.3 is 5.97 Å². The number of hydrogen-bond donors (Lipinski definition) is 7. The first-order valence-electron chi connectivity index (χ1n) is 26.4. The summed E-state index contributed by atoms with van der Waals surface area (Å²) in [5.74, 6) is -3.70. The predicted octanol–water partition coefficient (Wildman–Crippen LogP) is -0.817. The summed E-state index contributed by atoms with van der Waals surface area (Å²) >= 11 is 0. The number of ether oxygens (including phenoxy) is 7. The van der Waals surface area contributed by atoms with Gasteiger partial charge in [0.25, 0.3) is 17.4 Å². The number of rotatable bonds is 32. The highest BCUT2D eigenvalue weighted by atomic mass is 16.7. The maximum atomic E-state index is 14.0. The zero-order chi connectivity index (χ0) is 56.6. The Labute approximate surface area is 454 Å². The molecule has 0 aliphatic carbocycles. The van der Waals surface area contributed by atoms with Crippen molar-refractivity contribution in [1.82, 2.24) is 41.0 Å². The third-order valence-corrected chi connectivity index (χ3v) is 13.7. The van der Waals surface area contributed by atoms with Gasteiger partial charge in [-0.2, -0.15) is 0 Å². The molecule has 0 spiro atoms. The zero-order valence-electron chi connectivity index (χ0n) is 44.6. The second-order valence-corrected chi connectivity index (χ2v) is 19.3. The van der Waals surface area contributed by atoms with Crippen LogP contribution in [0.25, 0.3) is 22.3 Å². The van der Waals surface area contributed by atoms with E-state index in [1.807, 2.05) is 0 Å². The summed E-state index contributed by atoms with van der Waals surface area (Å²) in [6.07, 6.45) is 3.51. The number of nitrogens with zero attached hydrogens (tertiary/aromatic N) is 3. The average molecular weight is 1100 g/mol. The second kappa shape index (κ2) is 28.0. The average Bonchev–Trinajstić information content (AvgIpc) is 4.17. The molecule has 0 saturated heterocycles. The van der Waals surface area contributed by atoms with Gasteiger partial charge in [0.05, 0.1) is 88.4 Å². The second-order valence-electron chi connectivity index (χ2n) is 19.3. The lowest BCUT2D eigenvalue weighted by molar-refractivity contribution is -0.172. The normalized spacial score (nSPS) is 16.6. The summed E-state index contributed by atoms with van der Waals surface area (Å²) < 4.78 is 39.9. The number of imide groups is 1. The highest BCUT2D eigenvalue weighted by Crippen LogP contribution is 2.43. The molecule has 0 radical (unpaired) electrons. The first-order valence-corrected chi connectivity index (χ1v) is 26.4. The number of unbranched alkanes of at least 4 members (excludes halogenated alkanes) is 1. The van der Waals surface area contributed by atoms with Crippen LogP contribution in [-0.2, 0) is 87.3 Å². The number of nitrogens with one attached hydrogen (secondary N) is 5. The summed E-state index contributed by atoms with van der Waals surface area (Å²) in [6.45, 7) is 6.94. The fourth-order valence-corrected chi connectivity index (χ4v) is 9.24. The van der Waals surface area contributed by atoms with Crippen LogP contribution in [0.15, 0.2) is 35.1 Å². The van der Waals surface area contributed by atoms with Gasteiger partial charge in [0.15, 0.2) is 17.1 Å². The van der Waals surface area contributed by atoms with Crippen LogP contribution in [0, 0.1) is 5.92 Å². The van der Waals surface area contributed by atoms with E-state index in [2.05, 4.69) is 26.6 Å². The molecular weight excluding hydrogens is 1030 g/mol. The number of aromatic nitrogens is 2. The molecule has 3 atom stereocenters. The molecule has 79 heavy (non-hydrogen) atoms. The van der Waals surface area contributed by atoms with Gasteiger partial charge in [0.1, 0.15) is 18.7 Å². The topological polar surface area (TPSA) is 346 Å². The summed E-state index contributed by atoms with van der Waals surface area (Å²) in [5, 5.41) is 25.6. The minimum Gasteiger partial charge on any atom is -0.458 e. The maximum Gasteiger partial charge on any atom is 0.343 e. The highest BCUT2D eigenvalue weighted by molar-refractivity contribution is 6.13. The number of esters is 1. The lowest BCUT2D eigenvalue weighted by atomic mass is 9.86. The molecule has 7 rings (SSSR count). The number of nitrogens with two attached hydrogens (primary N) is 1. The van der Waals surface area contributed by atoms with Crippen LogP contribution in [0.3, 0.4) is 0 Å². The van der Waals surface area contributed by atoms with E-state index >= 15 is 0 Å². The standard InChI is InChI=1S/C53H69N9O17/c1-4-53(72)36-24-39-48-34(28-62(39)51(70)35(36)29-77-52(53)71)33(32-23-40-41(79-30-78-40)25-38(32)58-48)26-56-44(65)27-57-49(68)37(7-5-6-12-54)59-50(69)47(31(2)3)60-43(64)11-15-73-17-19-75-21-22-76-20-18-74-16-13-55-42(63)10-14-61-45(66)8-9-46(61)67/h8-9,23-25,31,37,47,72H,4-7,10-22,26-30,54H2,1-3H3,(H,55,63)(H,56,65)(H,57,68)(H,59,69)(H,60,64)/t37-,47-,53-/m0/s1. The fourth-order valence-electron chi connectivity index (χ4n) is 9.24. The minimum atomic E-state index is -2.03. The lowest BCUT2D eigenvalue weighted by Crippen LogP contribution is -2.56. The molecule has 3 aromatic rings. The van der Waals surface area contributed by atoms with Crippen molar-refractivity contribution >= 4 is 58.2 Å². The van der Waals surface area contributed by atoms with Crippen molar-refractivity contribution in [2.45, 2.75) is 96.7 Å².